The molecule has 6 rings (SSSR count). The first-order chi connectivity index (χ1) is 20.7. The van der Waals surface area contributed by atoms with Crippen LogP contribution in [-0.4, -0.2) is 69.6 Å². The van der Waals surface area contributed by atoms with Crippen molar-refractivity contribution in [2.75, 3.05) is 20.0 Å². The van der Waals surface area contributed by atoms with Crippen molar-refractivity contribution in [2.24, 2.45) is 11.8 Å². The highest BCUT2D eigenvalue weighted by atomic mass is 32.2. The summed E-state index contributed by atoms with van der Waals surface area (Å²) in [4.78, 5) is 0.673. The summed E-state index contributed by atoms with van der Waals surface area (Å²) in [6, 6.07) is 13.8. The van der Waals surface area contributed by atoms with Gasteiger partial charge >= 0.3 is 0 Å². The highest BCUT2D eigenvalue weighted by Crippen LogP contribution is 2.44. The Morgan fingerprint density at radius 1 is 0.605 bits per heavy atom. The number of rotatable bonds is 10. The smallest absolute Gasteiger partial charge is 0.243 e. The quantitative estimate of drug-likeness (QED) is 0.249. The minimum atomic E-state index is -3.66. The minimum absolute atomic E-state index is 0.00844. The number of fused-ring (bicyclic) bond motifs is 2. The molecule has 236 valence electrons. The largest absolute Gasteiger partial charge is 0.354 e. The number of benzene rings is 2. The molecule has 2 aliphatic heterocycles. The molecule has 10 heteroatoms. The summed E-state index contributed by atoms with van der Waals surface area (Å²) in [5, 5.41) is 0. The predicted molar refractivity (Wildman–Crippen MR) is 165 cm³/mol. The van der Waals surface area contributed by atoms with E-state index in [9.17, 15) is 16.8 Å². The molecule has 0 bridgehead atoms. The number of sulfonamides is 2. The van der Waals surface area contributed by atoms with Crippen molar-refractivity contribution in [1.29, 1.82) is 0 Å². The summed E-state index contributed by atoms with van der Waals surface area (Å²) in [5.41, 5.74) is 2.05. The van der Waals surface area contributed by atoms with Gasteiger partial charge in [-0.1, -0.05) is 61.1 Å². The molecular weight excluding hydrogens is 585 g/mol. The fourth-order valence-electron chi connectivity index (χ4n) is 8.17. The predicted octanol–water partition coefficient (Wildman–Crippen LogP) is 5.64. The fourth-order valence-corrected chi connectivity index (χ4v) is 12.0. The zero-order valence-corrected chi connectivity index (χ0v) is 27.1. The maximum atomic E-state index is 13.8. The van der Waals surface area contributed by atoms with Gasteiger partial charge in [0.15, 0.2) is 0 Å². The van der Waals surface area contributed by atoms with Crippen LogP contribution in [0.1, 0.15) is 75.3 Å². The van der Waals surface area contributed by atoms with Gasteiger partial charge in [0.25, 0.3) is 0 Å². The second-order valence-corrected chi connectivity index (χ2v) is 16.8. The second-order valence-electron chi connectivity index (χ2n) is 13.2. The summed E-state index contributed by atoms with van der Waals surface area (Å²) in [7, 11) is -7.31. The molecule has 0 unspecified atom stereocenters. The Labute approximate surface area is 257 Å². The van der Waals surface area contributed by atoms with Gasteiger partial charge in [-0.2, -0.15) is 8.61 Å². The molecule has 2 heterocycles. The van der Waals surface area contributed by atoms with Crippen LogP contribution in [0, 0.1) is 25.7 Å². The molecule has 0 spiro atoms. The lowest BCUT2D eigenvalue weighted by atomic mass is 9.85. The summed E-state index contributed by atoms with van der Waals surface area (Å²) in [5.74, 6) is 0.705. The third-order valence-electron chi connectivity index (χ3n) is 10.2. The van der Waals surface area contributed by atoms with Crippen molar-refractivity contribution in [2.45, 2.75) is 112 Å². The number of aryl methyl sites for hydroxylation is 2. The van der Waals surface area contributed by atoms with E-state index in [0.29, 0.717) is 21.6 Å². The topological polar surface area (TPSA) is 93.2 Å². The Morgan fingerprint density at radius 2 is 0.977 bits per heavy atom. The summed E-state index contributed by atoms with van der Waals surface area (Å²) >= 11 is 0. The summed E-state index contributed by atoms with van der Waals surface area (Å²) < 4.78 is 70.8. The van der Waals surface area contributed by atoms with Gasteiger partial charge in [-0.3, -0.25) is 0 Å². The van der Waals surface area contributed by atoms with Crippen LogP contribution < -0.4 is 0 Å². The van der Waals surface area contributed by atoms with Gasteiger partial charge in [0.2, 0.25) is 20.0 Å². The lowest BCUT2D eigenvalue weighted by Crippen LogP contribution is -2.45. The van der Waals surface area contributed by atoms with E-state index in [1.807, 2.05) is 38.1 Å². The molecule has 2 saturated heterocycles. The van der Waals surface area contributed by atoms with Crippen molar-refractivity contribution in [1.82, 2.24) is 8.61 Å². The molecule has 4 aliphatic rings. The van der Waals surface area contributed by atoms with E-state index in [0.717, 1.165) is 75.3 Å². The van der Waals surface area contributed by atoms with E-state index in [4.69, 9.17) is 9.47 Å². The van der Waals surface area contributed by atoms with Crippen LogP contribution in [-0.2, 0) is 29.5 Å². The Hall–Kier alpha value is -1.82. The molecule has 2 aliphatic carbocycles. The maximum absolute atomic E-state index is 13.8. The van der Waals surface area contributed by atoms with Crippen molar-refractivity contribution in [3.63, 3.8) is 0 Å². The van der Waals surface area contributed by atoms with Gasteiger partial charge in [0.05, 0.1) is 23.0 Å². The first kappa shape index (κ1) is 31.2. The third-order valence-corrected chi connectivity index (χ3v) is 14.2. The van der Waals surface area contributed by atoms with Crippen LogP contribution in [0.2, 0.25) is 0 Å². The molecule has 2 saturated carbocycles. The van der Waals surface area contributed by atoms with E-state index in [1.165, 1.54) is 0 Å². The van der Waals surface area contributed by atoms with Crippen LogP contribution in [0.15, 0.2) is 58.3 Å². The third kappa shape index (κ3) is 6.33. The van der Waals surface area contributed by atoms with Gasteiger partial charge in [-0.25, -0.2) is 16.8 Å². The van der Waals surface area contributed by atoms with E-state index < -0.39 is 20.0 Å². The SMILES string of the molecule is Cc1ccc(S(=O)(=O)N2[C@H](COCOC[C@@H]3C[C@@H]4CCCC[C@@H]4N3S(=O)(=O)c3ccc(C)cc3)C[C@@H]3CCCC[C@@H]32)cc1. The standard InChI is InChI=1S/C33H46N2O6S2/c1-24-11-15-30(16-12-24)42(36,37)34-28(19-26-7-3-5-9-32(26)34)21-40-23-41-22-29-20-27-8-4-6-10-33(27)35(29)43(38,39)31-17-13-25(2)14-18-31/h11-18,26-29,32-33H,3-10,19-23H2,1-2H3/t26-,27-,28-,29-,32-,33-/m0/s1. The van der Waals surface area contributed by atoms with Crippen molar-refractivity contribution >= 4 is 20.0 Å². The minimum Gasteiger partial charge on any atom is -0.354 e. The molecule has 8 nitrogen and oxygen atoms in total. The molecule has 2 aromatic rings. The number of hydrogen-bond acceptors (Lipinski definition) is 6. The average Bonchev–Trinajstić information content (AvgIpc) is 3.56. The van der Waals surface area contributed by atoms with Crippen molar-refractivity contribution in [3.8, 4) is 0 Å². The molecule has 0 amide bonds. The highest BCUT2D eigenvalue weighted by molar-refractivity contribution is 7.89. The molecule has 43 heavy (non-hydrogen) atoms. The van der Waals surface area contributed by atoms with Crippen LogP contribution in [0.4, 0.5) is 0 Å². The number of ether oxygens (including phenoxy) is 2. The van der Waals surface area contributed by atoms with Gasteiger partial charge in [0, 0.05) is 24.2 Å². The first-order valence-corrected chi connectivity index (χ1v) is 18.9. The van der Waals surface area contributed by atoms with Gasteiger partial charge < -0.3 is 9.47 Å². The molecular formula is C33H46N2O6S2. The normalized spacial score (nSPS) is 30.3. The molecule has 0 aromatic heterocycles. The molecule has 0 radical (unpaired) electrons. The first-order valence-electron chi connectivity index (χ1n) is 16.0. The van der Waals surface area contributed by atoms with Crippen LogP contribution in [0.5, 0.6) is 0 Å². The molecule has 4 fully saturated rings. The maximum Gasteiger partial charge on any atom is 0.243 e. The zero-order valence-electron chi connectivity index (χ0n) is 25.4. The molecule has 2 aromatic carbocycles. The van der Waals surface area contributed by atoms with E-state index in [-0.39, 0.29) is 44.2 Å². The lowest BCUT2D eigenvalue weighted by molar-refractivity contribution is -0.0723. The highest BCUT2D eigenvalue weighted by Gasteiger charge is 2.49. The summed E-state index contributed by atoms with van der Waals surface area (Å²) in [6.45, 7) is 4.45. The lowest BCUT2D eigenvalue weighted by Gasteiger charge is -2.33. The Morgan fingerprint density at radius 3 is 1.37 bits per heavy atom. The van der Waals surface area contributed by atoms with Crippen molar-refractivity contribution in [3.05, 3.63) is 59.7 Å². The number of nitrogens with zero attached hydrogens (tertiary/aromatic N) is 2. The van der Waals surface area contributed by atoms with Gasteiger partial charge in [-0.05, 0) is 88.5 Å². The Balaban J connectivity index is 1.10. The fraction of sp³-hybridized carbons (Fsp3) is 0.636. The van der Waals surface area contributed by atoms with Gasteiger partial charge in [0.1, 0.15) is 6.79 Å². The van der Waals surface area contributed by atoms with Crippen LogP contribution in [0.3, 0.4) is 0 Å². The average molecular weight is 631 g/mol. The van der Waals surface area contributed by atoms with Crippen molar-refractivity contribution < 1.29 is 26.3 Å². The van der Waals surface area contributed by atoms with E-state index >= 15 is 0 Å². The Bertz CT molecular complexity index is 1350. The van der Waals surface area contributed by atoms with Crippen LogP contribution >= 0.6 is 0 Å². The Kier molecular flexibility index (Phi) is 9.34. The monoisotopic (exact) mass is 630 g/mol. The van der Waals surface area contributed by atoms with E-state index in [2.05, 4.69) is 0 Å². The van der Waals surface area contributed by atoms with E-state index in [1.54, 1.807) is 32.9 Å². The van der Waals surface area contributed by atoms with Gasteiger partial charge in [-0.15, -0.1) is 0 Å². The second kappa shape index (κ2) is 12.9. The number of hydrogen-bond donors (Lipinski definition) is 0. The molecule has 0 N–H and O–H groups in total. The van der Waals surface area contributed by atoms with Crippen LogP contribution in [0.25, 0.3) is 0 Å². The summed E-state index contributed by atoms with van der Waals surface area (Å²) in [6.07, 6.45) is 9.83. The molecule has 6 atom stereocenters. The zero-order chi connectivity index (χ0) is 30.2.